The van der Waals surface area contributed by atoms with Gasteiger partial charge in [-0.3, -0.25) is 0 Å². The van der Waals surface area contributed by atoms with Gasteiger partial charge in [-0.25, -0.2) is 4.39 Å². The third kappa shape index (κ3) is 1.33. The van der Waals surface area contributed by atoms with Gasteiger partial charge in [0, 0.05) is 6.07 Å². The number of rotatable bonds is 0. The molecule has 1 aromatic rings. The van der Waals surface area contributed by atoms with Gasteiger partial charge in [-0.1, -0.05) is 11.6 Å². The second-order valence-electron chi connectivity index (χ2n) is 1.51. The predicted molar refractivity (Wildman–Crippen MR) is 31.9 cm³/mol. The molecule has 0 amide bonds. The predicted octanol–water partition coefficient (Wildman–Crippen LogP) is 1.98. The Morgan fingerprint density at radius 1 is 1.56 bits per heavy atom. The van der Waals surface area contributed by atoms with Crippen molar-refractivity contribution < 1.29 is 9.50 Å². The van der Waals surface area contributed by atoms with Crippen LogP contribution in [0.4, 0.5) is 4.39 Å². The van der Waals surface area contributed by atoms with Gasteiger partial charge in [0.15, 0.2) is 0 Å². The van der Waals surface area contributed by atoms with Crippen LogP contribution in [-0.2, 0) is 0 Å². The largest absolute Gasteiger partial charge is 0.506 e. The maximum atomic E-state index is 12.1. The Labute approximate surface area is 56.7 Å². The van der Waals surface area contributed by atoms with Crippen LogP contribution in [0.15, 0.2) is 12.1 Å². The van der Waals surface area contributed by atoms with Gasteiger partial charge in [0.2, 0.25) is 0 Å². The summed E-state index contributed by atoms with van der Waals surface area (Å²) in [6.07, 6.45) is 0. The zero-order valence-electron chi connectivity index (χ0n) is 4.36. The van der Waals surface area contributed by atoms with E-state index in [1.807, 2.05) is 0 Å². The molecule has 1 nitrogen and oxygen atoms in total. The van der Waals surface area contributed by atoms with E-state index in [0.717, 1.165) is 6.07 Å². The summed E-state index contributed by atoms with van der Waals surface area (Å²) in [7, 11) is 0. The average Bonchev–Trinajstić information content (AvgIpc) is 1.80. The molecule has 0 spiro atoms. The second kappa shape index (κ2) is 2.23. The number of hydrogen-bond donors (Lipinski definition) is 1. The number of halogens is 2. The molecule has 1 N–H and O–H groups in total. The van der Waals surface area contributed by atoms with Gasteiger partial charge in [0.1, 0.15) is 11.6 Å². The number of aromatic hydroxyl groups is 1. The highest BCUT2D eigenvalue weighted by atomic mass is 35.5. The van der Waals surface area contributed by atoms with Crippen molar-refractivity contribution in [2.24, 2.45) is 0 Å². The van der Waals surface area contributed by atoms with E-state index < -0.39 is 5.82 Å². The third-order valence-electron chi connectivity index (χ3n) is 0.842. The molecule has 0 atom stereocenters. The monoisotopic (exact) mass is 145 g/mol. The molecular formula is C6H3ClFO. The molecule has 0 heterocycles. The molecule has 0 aliphatic rings. The van der Waals surface area contributed by atoms with Crippen LogP contribution in [-0.4, -0.2) is 5.11 Å². The van der Waals surface area contributed by atoms with Gasteiger partial charge in [0.25, 0.3) is 0 Å². The van der Waals surface area contributed by atoms with Crippen molar-refractivity contribution >= 4 is 11.6 Å². The Morgan fingerprint density at radius 2 is 2.22 bits per heavy atom. The molecule has 0 fully saturated rings. The average molecular weight is 146 g/mol. The zero-order valence-corrected chi connectivity index (χ0v) is 5.11. The maximum absolute atomic E-state index is 12.1. The van der Waals surface area contributed by atoms with Crippen LogP contribution in [0, 0.1) is 11.9 Å². The van der Waals surface area contributed by atoms with E-state index in [1.54, 1.807) is 0 Å². The van der Waals surface area contributed by atoms with E-state index in [0.29, 0.717) is 0 Å². The molecule has 0 aliphatic carbocycles. The van der Waals surface area contributed by atoms with Gasteiger partial charge < -0.3 is 5.11 Å². The highest BCUT2D eigenvalue weighted by Gasteiger charge is 1.97. The molecule has 1 rings (SSSR count). The number of phenols is 1. The van der Waals surface area contributed by atoms with Gasteiger partial charge >= 0.3 is 0 Å². The lowest BCUT2D eigenvalue weighted by Crippen LogP contribution is -1.72. The molecular weight excluding hydrogens is 143 g/mol. The van der Waals surface area contributed by atoms with Crippen LogP contribution in [0.2, 0.25) is 5.02 Å². The standard InChI is InChI=1S/C6H3ClFO/c7-5-3-4(8)1-2-6(5)9/h1-2,9H. The van der Waals surface area contributed by atoms with Crippen LogP contribution in [0.5, 0.6) is 5.75 Å². The fraction of sp³-hybridized carbons (Fsp3) is 0. The van der Waals surface area contributed by atoms with Crippen LogP contribution >= 0.6 is 11.6 Å². The first-order chi connectivity index (χ1) is 4.20. The molecule has 0 saturated heterocycles. The first kappa shape index (κ1) is 6.36. The quantitative estimate of drug-likeness (QED) is 0.592. The number of hydrogen-bond acceptors (Lipinski definition) is 1. The molecule has 0 unspecified atom stereocenters. The van der Waals surface area contributed by atoms with Crippen LogP contribution in [0.25, 0.3) is 0 Å². The zero-order chi connectivity index (χ0) is 6.85. The summed E-state index contributed by atoms with van der Waals surface area (Å²) in [6.45, 7) is 0. The lowest BCUT2D eigenvalue weighted by Gasteiger charge is -1.91. The lowest BCUT2D eigenvalue weighted by atomic mass is 10.3. The van der Waals surface area contributed by atoms with Gasteiger partial charge in [-0.2, -0.15) is 0 Å². The van der Waals surface area contributed by atoms with Gasteiger partial charge in [-0.05, 0) is 12.1 Å². The fourth-order valence-corrected chi connectivity index (χ4v) is 0.589. The van der Waals surface area contributed by atoms with Crippen molar-refractivity contribution in [2.75, 3.05) is 0 Å². The Bertz CT molecular complexity index is 224. The summed E-state index contributed by atoms with van der Waals surface area (Å²) in [5.74, 6) is -0.726. The van der Waals surface area contributed by atoms with Crippen molar-refractivity contribution in [2.45, 2.75) is 0 Å². The Kier molecular flexibility index (Phi) is 1.58. The SMILES string of the molecule is Oc1ccc(F)[c]c1Cl. The topological polar surface area (TPSA) is 20.2 Å². The summed E-state index contributed by atoms with van der Waals surface area (Å²) in [5, 5.41) is 8.63. The van der Waals surface area contributed by atoms with Crippen molar-refractivity contribution in [3.63, 3.8) is 0 Å². The highest BCUT2D eigenvalue weighted by molar-refractivity contribution is 6.31. The first-order valence-corrected chi connectivity index (χ1v) is 2.64. The Balaban J connectivity index is 3.17. The molecule has 0 bridgehead atoms. The van der Waals surface area contributed by atoms with Crippen LogP contribution in [0.1, 0.15) is 0 Å². The molecule has 1 aromatic carbocycles. The minimum atomic E-state index is -0.571. The fourth-order valence-electron chi connectivity index (χ4n) is 0.436. The third-order valence-corrected chi connectivity index (χ3v) is 1.13. The van der Waals surface area contributed by atoms with Crippen molar-refractivity contribution in [3.05, 3.63) is 29.0 Å². The molecule has 0 saturated carbocycles. The van der Waals surface area contributed by atoms with Crippen molar-refractivity contribution in [1.29, 1.82) is 0 Å². The highest BCUT2D eigenvalue weighted by Crippen LogP contribution is 2.21. The number of benzene rings is 1. The van der Waals surface area contributed by atoms with Crippen molar-refractivity contribution in [1.82, 2.24) is 0 Å². The molecule has 9 heavy (non-hydrogen) atoms. The van der Waals surface area contributed by atoms with E-state index in [4.69, 9.17) is 16.7 Å². The molecule has 0 aromatic heterocycles. The molecule has 3 heteroatoms. The molecule has 0 aliphatic heterocycles. The summed E-state index contributed by atoms with van der Waals surface area (Å²) < 4.78 is 12.1. The second-order valence-corrected chi connectivity index (χ2v) is 1.88. The van der Waals surface area contributed by atoms with E-state index in [-0.39, 0.29) is 10.8 Å². The van der Waals surface area contributed by atoms with Gasteiger partial charge in [0.05, 0.1) is 5.02 Å². The Morgan fingerprint density at radius 3 is 2.67 bits per heavy atom. The minimum Gasteiger partial charge on any atom is -0.506 e. The maximum Gasteiger partial charge on any atom is 0.135 e. The van der Waals surface area contributed by atoms with Crippen molar-refractivity contribution in [3.8, 4) is 5.75 Å². The smallest absolute Gasteiger partial charge is 0.135 e. The Hall–Kier alpha value is -0.760. The van der Waals surface area contributed by atoms with E-state index >= 15 is 0 Å². The van der Waals surface area contributed by atoms with Crippen LogP contribution < -0.4 is 0 Å². The minimum absolute atomic E-state index is 0.0880. The summed E-state index contributed by atoms with van der Waals surface area (Å²) in [5.41, 5.74) is 0. The normalized spacial score (nSPS) is 9.56. The molecule has 1 radical (unpaired) electrons. The molecule has 47 valence electrons. The number of phenolic OH excluding ortho intramolecular Hbond substituents is 1. The summed E-state index contributed by atoms with van der Waals surface area (Å²) in [4.78, 5) is 0. The van der Waals surface area contributed by atoms with E-state index in [9.17, 15) is 4.39 Å². The summed E-state index contributed by atoms with van der Waals surface area (Å²) >= 11 is 5.27. The lowest BCUT2D eigenvalue weighted by molar-refractivity contribution is 0.473. The van der Waals surface area contributed by atoms with E-state index in [2.05, 4.69) is 6.07 Å². The van der Waals surface area contributed by atoms with E-state index in [1.165, 1.54) is 6.07 Å². The summed E-state index contributed by atoms with van der Waals surface area (Å²) in [6, 6.07) is 4.35. The first-order valence-electron chi connectivity index (χ1n) is 2.26. The van der Waals surface area contributed by atoms with Crippen LogP contribution in [0.3, 0.4) is 0 Å². The van der Waals surface area contributed by atoms with Gasteiger partial charge in [-0.15, -0.1) is 0 Å².